The summed E-state index contributed by atoms with van der Waals surface area (Å²) in [6, 6.07) is 7.70. The van der Waals surface area contributed by atoms with Gasteiger partial charge in [0, 0.05) is 31.7 Å². The van der Waals surface area contributed by atoms with E-state index in [1.807, 2.05) is 31.2 Å². The maximum Gasteiger partial charge on any atom is 0.251 e. The van der Waals surface area contributed by atoms with Crippen molar-refractivity contribution in [3.05, 3.63) is 35.4 Å². The van der Waals surface area contributed by atoms with E-state index >= 15 is 0 Å². The SMILES string of the molecule is CCNC(=O)c1ccc(CN=C(NCC)N2CCC(C)CC2)cc1. The van der Waals surface area contributed by atoms with Crippen LogP contribution >= 0.6 is 0 Å². The van der Waals surface area contributed by atoms with E-state index in [0.29, 0.717) is 18.7 Å². The highest BCUT2D eigenvalue weighted by Gasteiger charge is 2.18. The summed E-state index contributed by atoms with van der Waals surface area (Å²) in [5.74, 6) is 1.78. The van der Waals surface area contributed by atoms with E-state index in [9.17, 15) is 4.79 Å². The lowest BCUT2D eigenvalue weighted by Crippen LogP contribution is -2.45. The van der Waals surface area contributed by atoms with Gasteiger partial charge in [-0.1, -0.05) is 19.1 Å². The third-order valence-electron chi connectivity index (χ3n) is 4.38. The maximum atomic E-state index is 11.8. The van der Waals surface area contributed by atoms with Crippen molar-refractivity contribution in [2.24, 2.45) is 10.9 Å². The van der Waals surface area contributed by atoms with E-state index in [-0.39, 0.29) is 5.91 Å². The van der Waals surface area contributed by atoms with E-state index in [2.05, 4.69) is 29.4 Å². The first-order chi connectivity index (χ1) is 11.6. The molecule has 1 aliphatic heterocycles. The van der Waals surface area contributed by atoms with E-state index in [0.717, 1.165) is 37.1 Å². The third-order valence-corrected chi connectivity index (χ3v) is 4.38. The summed E-state index contributed by atoms with van der Waals surface area (Å²) in [5, 5.41) is 6.21. The first kappa shape index (κ1) is 18.3. The van der Waals surface area contributed by atoms with Crippen LogP contribution in [0.1, 0.15) is 49.5 Å². The highest BCUT2D eigenvalue weighted by molar-refractivity contribution is 5.94. The Morgan fingerprint density at radius 2 is 1.75 bits per heavy atom. The van der Waals surface area contributed by atoms with Crippen molar-refractivity contribution >= 4 is 11.9 Å². The van der Waals surface area contributed by atoms with Gasteiger partial charge >= 0.3 is 0 Å². The van der Waals surface area contributed by atoms with Crippen molar-refractivity contribution in [3.63, 3.8) is 0 Å². The second-order valence-electron chi connectivity index (χ2n) is 6.40. The summed E-state index contributed by atoms with van der Waals surface area (Å²) in [5.41, 5.74) is 1.81. The second kappa shape index (κ2) is 9.30. The molecule has 2 N–H and O–H groups in total. The fourth-order valence-electron chi connectivity index (χ4n) is 2.84. The maximum absolute atomic E-state index is 11.8. The van der Waals surface area contributed by atoms with Crippen LogP contribution in [0.25, 0.3) is 0 Å². The number of carbonyl (C=O) groups excluding carboxylic acids is 1. The zero-order chi connectivity index (χ0) is 17.4. The molecular weight excluding hydrogens is 300 g/mol. The Labute approximate surface area is 145 Å². The summed E-state index contributed by atoms with van der Waals surface area (Å²) in [4.78, 5) is 18.9. The molecule has 5 heteroatoms. The largest absolute Gasteiger partial charge is 0.357 e. The van der Waals surface area contributed by atoms with Crippen LogP contribution in [0.2, 0.25) is 0 Å². The Kier molecular flexibility index (Phi) is 7.09. The normalized spacial score (nSPS) is 16.1. The van der Waals surface area contributed by atoms with Gasteiger partial charge in [0.15, 0.2) is 5.96 Å². The predicted molar refractivity (Wildman–Crippen MR) is 99.2 cm³/mol. The standard InChI is InChI=1S/C19H30N4O/c1-4-20-18(24)17-8-6-16(7-9-17)14-22-19(21-5-2)23-12-10-15(3)11-13-23/h6-9,15H,4-5,10-14H2,1-3H3,(H,20,24)(H,21,22). The van der Waals surface area contributed by atoms with Crippen LogP contribution in [-0.4, -0.2) is 42.9 Å². The highest BCUT2D eigenvalue weighted by Crippen LogP contribution is 2.16. The lowest BCUT2D eigenvalue weighted by molar-refractivity contribution is 0.0956. The number of benzene rings is 1. The van der Waals surface area contributed by atoms with Crippen LogP contribution in [0.5, 0.6) is 0 Å². The van der Waals surface area contributed by atoms with Gasteiger partial charge in [0.05, 0.1) is 6.54 Å². The molecule has 1 heterocycles. The molecule has 2 rings (SSSR count). The minimum atomic E-state index is -0.0247. The summed E-state index contributed by atoms with van der Waals surface area (Å²) < 4.78 is 0. The number of guanidine groups is 1. The molecule has 24 heavy (non-hydrogen) atoms. The number of hydrogen-bond donors (Lipinski definition) is 2. The second-order valence-corrected chi connectivity index (χ2v) is 6.40. The van der Waals surface area contributed by atoms with Gasteiger partial charge in [0.25, 0.3) is 5.91 Å². The number of rotatable bonds is 5. The zero-order valence-corrected chi connectivity index (χ0v) is 15.1. The first-order valence-corrected chi connectivity index (χ1v) is 9.04. The van der Waals surface area contributed by atoms with Crippen molar-refractivity contribution in [3.8, 4) is 0 Å². The van der Waals surface area contributed by atoms with Crippen LogP contribution in [0, 0.1) is 5.92 Å². The molecule has 0 atom stereocenters. The Morgan fingerprint density at radius 3 is 2.33 bits per heavy atom. The van der Waals surface area contributed by atoms with Crippen LogP contribution in [-0.2, 0) is 6.54 Å². The molecule has 0 radical (unpaired) electrons. The molecule has 5 nitrogen and oxygen atoms in total. The molecule has 1 amide bonds. The predicted octanol–water partition coefficient (Wildman–Crippen LogP) is 2.63. The van der Waals surface area contributed by atoms with Crippen molar-refractivity contribution in [2.45, 2.75) is 40.2 Å². The van der Waals surface area contributed by atoms with Gasteiger partial charge in [-0.05, 0) is 50.3 Å². The van der Waals surface area contributed by atoms with Gasteiger partial charge in [-0.15, -0.1) is 0 Å². The number of likely N-dealkylation sites (tertiary alicyclic amines) is 1. The van der Waals surface area contributed by atoms with Crippen LogP contribution in [0.3, 0.4) is 0 Å². The zero-order valence-electron chi connectivity index (χ0n) is 15.1. The molecule has 0 aromatic heterocycles. The fourth-order valence-corrected chi connectivity index (χ4v) is 2.84. The van der Waals surface area contributed by atoms with Gasteiger partial charge in [0.2, 0.25) is 0 Å². The van der Waals surface area contributed by atoms with Gasteiger partial charge in [-0.3, -0.25) is 4.79 Å². The lowest BCUT2D eigenvalue weighted by Gasteiger charge is -2.33. The molecule has 1 aromatic carbocycles. The summed E-state index contributed by atoms with van der Waals surface area (Å²) in [7, 11) is 0. The topological polar surface area (TPSA) is 56.7 Å². The molecule has 0 aliphatic carbocycles. The Balaban J connectivity index is 1.99. The first-order valence-electron chi connectivity index (χ1n) is 9.04. The number of amides is 1. The number of hydrogen-bond acceptors (Lipinski definition) is 2. The van der Waals surface area contributed by atoms with Gasteiger partial charge < -0.3 is 15.5 Å². The summed E-state index contributed by atoms with van der Waals surface area (Å²) >= 11 is 0. The van der Waals surface area contributed by atoms with Crippen LogP contribution < -0.4 is 10.6 Å². The molecule has 0 saturated carbocycles. The molecule has 1 aliphatic rings. The van der Waals surface area contributed by atoms with Gasteiger partial charge in [-0.2, -0.15) is 0 Å². The summed E-state index contributed by atoms with van der Waals surface area (Å²) in [6.07, 6.45) is 2.46. The highest BCUT2D eigenvalue weighted by atomic mass is 16.1. The van der Waals surface area contributed by atoms with Crippen LogP contribution in [0.4, 0.5) is 0 Å². The van der Waals surface area contributed by atoms with Crippen LogP contribution in [0.15, 0.2) is 29.3 Å². The van der Waals surface area contributed by atoms with E-state index in [4.69, 9.17) is 4.99 Å². The minimum absolute atomic E-state index is 0.0247. The smallest absolute Gasteiger partial charge is 0.251 e. The van der Waals surface area contributed by atoms with E-state index < -0.39 is 0 Å². The Bertz CT molecular complexity index is 545. The van der Waals surface area contributed by atoms with E-state index in [1.54, 1.807) is 0 Å². The number of carbonyl (C=O) groups is 1. The molecule has 0 unspecified atom stereocenters. The Hall–Kier alpha value is -2.04. The minimum Gasteiger partial charge on any atom is -0.357 e. The van der Waals surface area contributed by atoms with Crippen molar-refractivity contribution in [1.29, 1.82) is 0 Å². The van der Waals surface area contributed by atoms with E-state index in [1.165, 1.54) is 12.8 Å². The lowest BCUT2D eigenvalue weighted by atomic mass is 10.00. The molecule has 1 aromatic rings. The molecular formula is C19H30N4O. The Morgan fingerprint density at radius 1 is 1.12 bits per heavy atom. The molecule has 1 saturated heterocycles. The number of aliphatic imine (C=N–C) groups is 1. The van der Waals surface area contributed by atoms with Crippen molar-refractivity contribution in [1.82, 2.24) is 15.5 Å². The molecule has 132 valence electrons. The number of nitrogens with zero attached hydrogens (tertiary/aromatic N) is 2. The van der Waals surface area contributed by atoms with Gasteiger partial charge in [-0.25, -0.2) is 4.99 Å². The monoisotopic (exact) mass is 330 g/mol. The van der Waals surface area contributed by atoms with Crippen molar-refractivity contribution < 1.29 is 4.79 Å². The number of nitrogens with one attached hydrogen (secondary N) is 2. The molecule has 1 fully saturated rings. The molecule has 0 spiro atoms. The average molecular weight is 330 g/mol. The quantitative estimate of drug-likeness (QED) is 0.644. The fraction of sp³-hybridized carbons (Fsp3) is 0.579. The number of piperidine rings is 1. The van der Waals surface area contributed by atoms with Crippen molar-refractivity contribution in [2.75, 3.05) is 26.2 Å². The average Bonchev–Trinajstić information content (AvgIpc) is 2.60. The molecule has 0 bridgehead atoms. The third kappa shape index (κ3) is 5.25. The summed E-state index contributed by atoms with van der Waals surface area (Å²) in [6.45, 7) is 10.6. The van der Waals surface area contributed by atoms with Gasteiger partial charge in [0.1, 0.15) is 0 Å².